The molecule has 0 saturated carbocycles. The molecule has 0 aliphatic heterocycles. The number of nitrogens with one attached hydrogen (secondary N) is 1. The summed E-state index contributed by atoms with van der Waals surface area (Å²) in [6.45, 7) is 7.36. The fourth-order valence-corrected chi connectivity index (χ4v) is 2.09. The van der Waals surface area contributed by atoms with Gasteiger partial charge in [-0.15, -0.1) is 0 Å². The Morgan fingerprint density at radius 3 is 2.32 bits per heavy atom. The molecule has 1 aromatic carbocycles. The van der Waals surface area contributed by atoms with Gasteiger partial charge in [-0.05, 0) is 52.0 Å². The number of ether oxygens (including phenoxy) is 1. The number of carbonyl (C=O) groups is 2. The van der Waals surface area contributed by atoms with Gasteiger partial charge in [-0.3, -0.25) is 9.59 Å². The Hall–Kier alpha value is -1.56. The second kappa shape index (κ2) is 7.63. The van der Waals surface area contributed by atoms with Gasteiger partial charge in [-0.2, -0.15) is 0 Å². The van der Waals surface area contributed by atoms with E-state index in [1.54, 1.807) is 26.1 Å². The highest BCUT2D eigenvalue weighted by atomic mass is 79.9. The van der Waals surface area contributed by atoms with Crippen molar-refractivity contribution < 1.29 is 14.3 Å². The molecule has 1 rings (SSSR count). The largest absolute Gasteiger partial charge is 0.481 e. The average molecular weight is 371 g/mol. The molecule has 6 heteroatoms. The monoisotopic (exact) mass is 370 g/mol. The first-order chi connectivity index (χ1) is 10.1. The first-order valence-corrected chi connectivity index (χ1v) is 7.86. The first-order valence-electron chi connectivity index (χ1n) is 7.07. The van der Waals surface area contributed by atoms with Gasteiger partial charge in [0.25, 0.3) is 5.91 Å². The number of carbonyl (C=O) groups excluding carboxylic acids is 2. The summed E-state index contributed by atoms with van der Waals surface area (Å²) in [7, 11) is 1.59. The van der Waals surface area contributed by atoms with E-state index in [1.165, 1.54) is 4.90 Å². The Morgan fingerprint density at radius 2 is 1.82 bits per heavy atom. The number of hydrogen-bond acceptors (Lipinski definition) is 3. The van der Waals surface area contributed by atoms with Crippen LogP contribution < -0.4 is 10.1 Å². The molecule has 1 atom stereocenters. The van der Waals surface area contributed by atoms with E-state index in [9.17, 15) is 9.59 Å². The van der Waals surface area contributed by atoms with Crippen molar-refractivity contribution in [1.82, 2.24) is 10.2 Å². The van der Waals surface area contributed by atoms with Crippen molar-refractivity contribution >= 4 is 27.7 Å². The van der Waals surface area contributed by atoms with E-state index in [-0.39, 0.29) is 23.9 Å². The zero-order valence-electron chi connectivity index (χ0n) is 13.6. The summed E-state index contributed by atoms with van der Waals surface area (Å²) in [4.78, 5) is 25.4. The molecule has 1 unspecified atom stereocenters. The van der Waals surface area contributed by atoms with Crippen LogP contribution in [-0.2, 0) is 9.59 Å². The summed E-state index contributed by atoms with van der Waals surface area (Å²) < 4.78 is 6.53. The number of benzene rings is 1. The van der Waals surface area contributed by atoms with E-state index in [4.69, 9.17) is 4.74 Å². The minimum absolute atomic E-state index is 0.00411. The molecule has 0 aliphatic rings. The molecule has 22 heavy (non-hydrogen) atoms. The smallest absolute Gasteiger partial charge is 0.263 e. The van der Waals surface area contributed by atoms with Crippen LogP contribution in [0.1, 0.15) is 27.7 Å². The van der Waals surface area contributed by atoms with Crippen LogP contribution in [0.25, 0.3) is 0 Å². The summed E-state index contributed by atoms with van der Waals surface area (Å²) in [6, 6.07) is 7.24. The fourth-order valence-electron chi connectivity index (χ4n) is 1.83. The molecule has 0 aromatic heterocycles. The molecule has 1 aromatic rings. The Morgan fingerprint density at radius 1 is 1.27 bits per heavy atom. The highest BCUT2D eigenvalue weighted by Gasteiger charge is 2.22. The SMILES string of the molecule is CC(Oc1ccc(Br)cc1)C(=O)N(C)CC(=O)NC(C)(C)C. The predicted molar refractivity (Wildman–Crippen MR) is 89.8 cm³/mol. The molecular weight excluding hydrogens is 348 g/mol. The van der Waals surface area contributed by atoms with Crippen molar-refractivity contribution in [1.29, 1.82) is 0 Å². The first kappa shape index (κ1) is 18.5. The number of amides is 2. The fraction of sp³-hybridized carbons (Fsp3) is 0.500. The summed E-state index contributed by atoms with van der Waals surface area (Å²) >= 11 is 3.34. The van der Waals surface area contributed by atoms with Gasteiger partial charge in [-0.1, -0.05) is 15.9 Å². The van der Waals surface area contributed by atoms with Crippen LogP contribution in [0, 0.1) is 0 Å². The van der Waals surface area contributed by atoms with E-state index in [1.807, 2.05) is 32.9 Å². The second-order valence-corrected chi connectivity index (χ2v) is 7.12. The highest BCUT2D eigenvalue weighted by Crippen LogP contribution is 2.17. The molecule has 122 valence electrons. The third kappa shape index (κ3) is 6.47. The van der Waals surface area contributed by atoms with Gasteiger partial charge in [0.15, 0.2) is 6.10 Å². The maximum atomic E-state index is 12.2. The van der Waals surface area contributed by atoms with Crippen LogP contribution >= 0.6 is 15.9 Å². The normalized spacial score (nSPS) is 12.5. The van der Waals surface area contributed by atoms with Crippen molar-refractivity contribution in [3.05, 3.63) is 28.7 Å². The molecule has 5 nitrogen and oxygen atoms in total. The van der Waals surface area contributed by atoms with Crippen molar-refractivity contribution in [3.63, 3.8) is 0 Å². The third-order valence-corrected chi connectivity index (χ3v) is 3.27. The van der Waals surface area contributed by atoms with Gasteiger partial charge in [0.1, 0.15) is 5.75 Å². The lowest BCUT2D eigenvalue weighted by Gasteiger charge is -2.25. The van der Waals surface area contributed by atoms with Gasteiger partial charge in [0.05, 0.1) is 6.54 Å². The number of hydrogen-bond donors (Lipinski definition) is 1. The molecule has 0 radical (unpaired) electrons. The number of likely N-dealkylation sites (N-methyl/N-ethyl adjacent to an activating group) is 1. The van der Waals surface area contributed by atoms with E-state index in [0.717, 1.165) is 4.47 Å². The molecule has 0 bridgehead atoms. The lowest BCUT2D eigenvalue weighted by molar-refractivity contribution is -0.140. The van der Waals surface area contributed by atoms with Crippen molar-refractivity contribution in [2.45, 2.75) is 39.3 Å². The van der Waals surface area contributed by atoms with Crippen molar-refractivity contribution in [3.8, 4) is 5.75 Å². The standard InChI is InChI=1S/C16H23BrN2O3/c1-11(22-13-8-6-12(17)7-9-13)15(21)19(5)10-14(20)18-16(2,3)4/h6-9,11H,10H2,1-5H3,(H,18,20). The maximum absolute atomic E-state index is 12.2. The zero-order chi connectivity index (χ0) is 16.9. The lowest BCUT2D eigenvalue weighted by atomic mass is 10.1. The molecular formula is C16H23BrN2O3. The summed E-state index contributed by atoms with van der Waals surface area (Å²) in [5, 5.41) is 2.82. The summed E-state index contributed by atoms with van der Waals surface area (Å²) in [5.74, 6) is 0.169. The maximum Gasteiger partial charge on any atom is 0.263 e. The lowest BCUT2D eigenvalue weighted by Crippen LogP contribution is -2.48. The minimum atomic E-state index is -0.659. The van der Waals surface area contributed by atoms with Crippen LogP contribution in [-0.4, -0.2) is 41.9 Å². The van der Waals surface area contributed by atoms with Crippen LogP contribution in [0.2, 0.25) is 0 Å². The van der Waals surface area contributed by atoms with Gasteiger partial charge < -0.3 is 15.0 Å². The molecule has 0 spiro atoms. The van der Waals surface area contributed by atoms with Gasteiger partial charge in [0.2, 0.25) is 5.91 Å². The van der Waals surface area contributed by atoms with Crippen molar-refractivity contribution in [2.24, 2.45) is 0 Å². The van der Waals surface area contributed by atoms with E-state index in [2.05, 4.69) is 21.2 Å². The summed E-state index contributed by atoms with van der Waals surface area (Å²) in [6.07, 6.45) is -0.659. The zero-order valence-corrected chi connectivity index (χ0v) is 15.2. The molecule has 0 saturated heterocycles. The van der Waals surface area contributed by atoms with Crippen LogP contribution in [0.4, 0.5) is 0 Å². The average Bonchev–Trinajstić information content (AvgIpc) is 2.38. The predicted octanol–water partition coefficient (Wildman–Crippen LogP) is 2.59. The van der Waals surface area contributed by atoms with Crippen molar-refractivity contribution in [2.75, 3.05) is 13.6 Å². The molecule has 0 fully saturated rings. The number of rotatable bonds is 5. The van der Waals surface area contributed by atoms with Gasteiger partial charge >= 0.3 is 0 Å². The third-order valence-electron chi connectivity index (χ3n) is 2.75. The molecule has 0 heterocycles. The minimum Gasteiger partial charge on any atom is -0.481 e. The highest BCUT2D eigenvalue weighted by molar-refractivity contribution is 9.10. The Kier molecular flexibility index (Phi) is 6.41. The Labute approximate surface area is 140 Å². The van der Waals surface area contributed by atoms with Gasteiger partial charge in [0, 0.05) is 17.1 Å². The van der Waals surface area contributed by atoms with E-state index < -0.39 is 6.10 Å². The van der Waals surface area contributed by atoms with Crippen LogP contribution in [0.15, 0.2) is 28.7 Å². The molecule has 2 amide bonds. The number of nitrogens with zero attached hydrogens (tertiary/aromatic N) is 1. The van der Waals surface area contributed by atoms with Gasteiger partial charge in [-0.25, -0.2) is 0 Å². The Balaban J connectivity index is 2.54. The Bertz CT molecular complexity index is 523. The number of halogens is 1. The quantitative estimate of drug-likeness (QED) is 0.866. The second-order valence-electron chi connectivity index (χ2n) is 6.21. The van der Waals surface area contributed by atoms with Crippen LogP contribution in [0.3, 0.4) is 0 Å². The van der Waals surface area contributed by atoms with Crippen LogP contribution in [0.5, 0.6) is 5.75 Å². The molecule has 1 N–H and O–H groups in total. The molecule has 0 aliphatic carbocycles. The topological polar surface area (TPSA) is 58.6 Å². The van der Waals surface area contributed by atoms with E-state index in [0.29, 0.717) is 5.75 Å². The summed E-state index contributed by atoms with van der Waals surface area (Å²) in [5.41, 5.74) is -0.319. The van der Waals surface area contributed by atoms with E-state index >= 15 is 0 Å².